The second kappa shape index (κ2) is 6.32. The molecule has 0 aliphatic carbocycles. The van der Waals surface area contributed by atoms with E-state index in [-0.39, 0.29) is 11.9 Å². The van der Waals surface area contributed by atoms with E-state index in [0.717, 1.165) is 31.9 Å². The van der Waals surface area contributed by atoms with Crippen LogP contribution in [0.3, 0.4) is 0 Å². The lowest BCUT2D eigenvalue weighted by molar-refractivity contribution is 0.0574. The number of aromatic nitrogens is 2. The van der Waals surface area contributed by atoms with Gasteiger partial charge in [0.2, 0.25) is 0 Å². The number of carbonyl (C=O) groups is 1. The van der Waals surface area contributed by atoms with Gasteiger partial charge in [-0.3, -0.25) is 14.7 Å². The van der Waals surface area contributed by atoms with Crippen molar-refractivity contribution in [2.45, 2.75) is 13.0 Å². The molecule has 3 heterocycles. The van der Waals surface area contributed by atoms with Gasteiger partial charge in [-0.25, -0.2) is 4.98 Å². The highest BCUT2D eigenvalue weighted by Gasteiger charge is 2.26. The Balaban J connectivity index is 1.59. The van der Waals surface area contributed by atoms with Crippen LogP contribution in [-0.4, -0.2) is 51.9 Å². The van der Waals surface area contributed by atoms with Crippen molar-refractivity contribution in [3.05, 3.63) is 46.7 Å². The molecule has 1 saturated heterocycles. The Morgan fingerprint density at radius 2 is 2.05 bits per heavy atom. The highest BCUT2D eigenvalue weighted by Crippen LogP contribution is 2.20. The maximum atomic E-state index is 12.2. The summed E-state index contributed by atoms with van der Waals surface area (Å²) in [5.74, 6) is 0.0430. The van der Waals surface area contributed by atoms with E-state index >= 15 is 0 Å². The van der Waals surface area contributed by atoms with Crippen molar-refractivity contribution < 1.29 is 4.79 Å². The van der Waals surface area contributed by atoms with Gasteiger partial charge in [-0.15, -0.1) is 11.3 Å². The van der Waals surface area contributed by atoms with Crippen LogP contribution in [0, 0.1) is 0 Å². The third kappa shape index (κ3) is 3.11. The predicted octanol–water partition coefficient (Wildman–Crippen LogP) is 2.06. The van der Waals surface area contributed by atoms with Crippen LogP contribution in [-0.2, 0) is 0 Å². The molecule has 21 heavy (non-hydrogen) atoms. The Morgan fingerprint density at radius 1 is 1.24 bits per heavy atom. The van der Waals surface area contributed by atoms with Crippen LogP contribution < -0.4 is 0 Å². The molecule has 2 aromatic rings. The molecule has 1 aliphatic heterocycles. The maximum Gasteiger partial charge on any atom is 0.273 e. The quantitative estimate of drug-likeness (QED) is 0.871. The van der Waals surface area contributed by atoms with E-state index in [1.165, 1.54) is 11.3 Å². The summed E-state index contributed by atoms with van der Waals surface area (Å²) in [7, 11) is 0. The third-order valence-corrected chi connectivity index (χ3v) is 4.50. The zero-order valence-electron chi connectivity index (χ0n) is 12.0. The summed E-state index contributed by atoms with van der Waals surface area (Å²) in [5, 5.41) is 1.81. The summed E-state index contributed by atoms with van der Waals surface area (Å²) >= 11 is 1.46. The highest BCUT2D eigenvalue weighted by molar-refractivity contribution is 7.07. The van der Waals surface area contributed by atoms with Crippen LogP contribution in [0.15, 0.2) is 35.3 Å². The Hall–Kier alpha value is -1.79. The molecule has 6 heteroatoms. The van der Waals surface area contributed by atoms with Gasteiger partial charge in [-0.05, 0) is 19.1 Å². The first-order valence-corrected chi connectivity index (χ1v) is 8.02. The molecule has 1 fully saturated rings. The number of nitrogens with zero attached hydrogens (tertiary/aromatic N) is 4. The van der Waals surface area contributed by atoms with Gasteiger partial charge in [0.05, 0.1) is 11.2 Å². The second-order valence-corrected chi connectivity index (χ2v) is 5.85. The maximum absolute atomic E-state index is 12.2. The minimum atomic E-state index is 0.0430. The van der Waals surface area contributed by atoms with Gasteiger partial charge in [-0.1, -0.05) is 6.07 Å². The van der Waals surface area contributed by atoms with Crippen LogP contribution >= 0.6 is 11.3 Å². The van der Waals surface area contributed by atoms with E-state index in [2.05, 4.69) is 27.9 Å². The van der Waals surface area contributed by atoms with Crippen molar-refractivity contribution in [2.75, 3.05) is 26.2 Å². The molecule has 2 aromatic heterocycles. The van der Waals surface area contributed by atoms with Crippen molar-refractivity contribution >= 4 is 17.2 Å². The van der Waals surface area contributed by atoms with E-state index in [4.69, 9.17) is 0 Å². The Labute approximate surface area is 128 Å². The molecule has 3 rings (SSSR count). The summed E-state index contributed by atoms with van der Waals surface area (Å²) in [6.07, 6.45) is 1.83. The van der Waals surface area contributed by atoms with Gasteiger partial charge in [0.25, 0.3) is 5.91 Å². The van der Waals surface area contributed by atoms with Gasteiger partial charge in [0, 0.05) is 43.8 Å². The van der Waals surface area contributed by atoms with Crippen molar-refractivity contribution in [3.8, 4) is 0 Å². The lowest BCUT2D eigenvalue weighted by Crippen LogP contribution is -2.49. The molecule has 0 radical (unpaired) electrons. The van der Waals surface area contributed by atoms with Crippen LogP contribution in [0.5, 0.6) is 0 Å². The van der Waals surface area contributed by atoms with E-state index in [1.807, 2.05) is 28.6 Å². The summed E-state index contributed by atoms with van der Waals surface area (Å²) in [4.78, 5) is 25.0. The number of rotatable bonds is 3. The fourth-order valence-corrected chi connectivity index (χ4v) is 3.13. The monoisotopic (exact) mass is 302 g/mol. The zero-order chi connectivity index (χ0) is 14.7. The second-order valence-electron chi connectivity index (χ2n) is 5.13. The number of amides is 1. The average molecular weight is 302 g/mol. The van der Waals surface area contributed by atoms with Crippen LogP contribution in [0.2, 0.25) is 0 Å². The Kier molecular flexibility index (Phi) is 4.26. The third-order valence-electron chi connectivity index (χ3n) is 3.92. The topological polar surface area (TPSA) is 49.3 Å². The average Bonchev–Trinajstić information content (AvgIpc) is 3.09. The molecule has 0 saturated carbocycles. The molecule has 1 atom stereocenters. The number of hydrogen-bond acceptors (Lipinski definition) is 5. The molecule has 0 bridgehead atoms. The first-order valence-electron chi connectivity index (χ1n) is 7.08. The molecule has 0 spiro atoms. The minimum absolute atomic E-state index is 0.0430. The van der Waals surface area contributed by atoms with Gasteiger partial charge < -0.3 is 4.90 Å². The molecule has 110 valence electrons. The zero-order valence-corrected chi connectivity index (χ0v) is 12.8. The van der Waals surface area contributed by atoms with Gasteiger partial charge >= 0.3 is 0 Å². The smallest absolute Gasteiger partial charge is 0.273 e. The number of thiazole rings is 1. The standard InChI is InChI=1S/C15H18N4OS/c1-12(13-4-2-3-5-16-13)18-6-8-19(9-7-18)15(20)14-10-21-11-17-14/h2-5,10-12H,6-9H2,1H3/t12-/m0/s1. The Bertz CT molecular complexity index is 579. The number of pyridine rings is 1. The normalized spacial score (nSPS) is 17.7. The summed E-state index contributed by atoms with van der Waals surface area (Å²) in [5.41, 5.74) is 3.34. The van der Waals surface area contributed by atoms with Gasteiger partial charge in [0.1, 0.15) is 5.69 Å². The number of piperazine rings is 1. The molecule has 0 unspecified atom stereocenters. The van der Waals surface area contributed by atoms with Crippen LogP contribution in [0.4, 0.5) is 0 Å². The van der Waals surface area contributed by atoms with E-state index in [0.29, 0.717) is 5.69 Å². The molecule has 5 nitrogen and oxygen atoms in total. The largest absolute Gasteiger partial charge is 0.335 e. The molecule has 1 aliphatic rings. The Morgan fingerprint density at radius 3 is 2.67 bits per heavy atom. The van der Waals surface area contributed by atoms with Gasteiger partial charge in [0.15, 0.2) is 0 Å². The SMILES string of the molecule is C[C@@H](c1ccccn1)N1CCN(C(=O)c2cscn2)CC1. The van der Waals surface area contributed by atoms with Crippen molar-refractivity contribution in [2.24, 2.45) is 0 Å². The molecule has 0 N–H and O–H groups in total. The summed E-state index contributed by atoms with van der Waals surface area (Å²) < 4.78 is 0. The number of carbonyl (C=O) groups excluding carboxylic acids is 1. The summed E-state index contributed by atoms with van der Waals surface area (Å²) in [6, 6.07) is 6.28. The van der Waals surface area contributed by atoms with E-state index in [1.54, 1.807) is 5.51 Å². The van der Waals surface area contributed by atoms with E-state index < -0.39 is 0 Å². The minimum Gasteiger partial charge on any atom is -0.335 e. The first kappa shape index (κ1) is 14.2. The fourth-order valence-electron chi connectivity index (χ4n) is 2.60. The van der Waals surface area contributed by atoms with Crippen molar-refractivity contribution in [3.63, 3.8) is 0 Å². The molecular weight excluding hydrogens is 284 g/mol. The molecular formula is C15H18N4OS. The lowest BCUT2D eigenvalue weighted by Gasteiger charge is -2.37. The number of hydrogen-bond donors (Lipinski definition) is 0. The van der Waals surface area contributed by atoms with Crippen LogP contribution in [0.1, 0.15) is 29.1 Å². The fraction of sp³-hybridized carbons (Fsp3) is 0.400. The highest BCUT2D eigenvalue weighted by atomic mass is 32.1. The first-order chi connectivity index (χ1) is 10.3. The van der Waals surface area contributed by atoms with Crippen molar-refractivity contribution in [1.29, 1.82) is 0 Å². The predicted molar refractivity (Wildman–Crippen MR) is 82.2 cm³/mol. The van der Waals surface area contributed by atoms with E-state index in [9.17, 15) is 4.79 Å². The molecule has 0 aromatic carbocycles. The van der Waals surface area contributed by atoms with Crippen LogP contribution in [0.25, 0.3) is 0 Å². The summed E-state index contributed by atoms with van der Waals surface area (Å²) in [6.45, 7) is 5.39. The van der Waals surface area contributed by atoms with Gasteiger partial charge in [-0.2, -0.15) is 0 Å². The lowest BCUT2D eigenvalue weighted by atomic mass is 10.1. The molecule has 1 amide bonds. The van der Waals surface area contributed by atoms with Crippen molar-refractivity contribution in [1.82, 2.24) is 19.8 Å².